The van der Waals surface area contributed by atoms with Crippen molar-refractivity contribution in [3.8, 4) is 0 Å². The molecule has 1 aliphatic heterocycles. The molecule has 1 heterocycles. The Balaban J connectivity index is 2.17. The summed E-state index contributed by atoms with van der Waals surface area (Å²) in [7, 11) is 3.35. The zero-order chi connectivity index (χ0) is 13.4. The molecule has 0 saturated carbocycles. The van der Waals surface area contributed by atoms with Gasteiger partial charge in [-0.1, -0.05) is 0 Å². The van der Waals surface area contributed by atoms with Gasteiger partial charge in [0, 0.05) is 26.2 Å². The number of likely N-dealkylation sites (N-methyl/N-ethyl adjacent to an activating group) is 1. The number of rotatable bonds is 8. The van der Waals surface area contributed by atoms with Gasteiger partial charge >= 0.3 is 0 Å². The quantitative estimate of drug-likeness (QED) is 0.582. The van der Waals surface area contributed by atoms with Crippen molar-refractivity contribution in [1.82, 2.24) is 10.2 Å². The highest BCUT2D eigenvalue weighted by atomic mass is 16.5. The second-order valence-corrected chi connectivity index (χ2v) is 4.54. The van der Waals surface area contributed by atoms with Crippen LogP contribution in [-0.2, 0) is 19.1 Å². The zero-order valence-electron chi connectivity index (χ0n) is 11.1. The number of hydrogen-bond donors (Lipinski definition) is 1. The average Bonchev–Trinajstić information content (AvgIpc) is 2.82. The smallest absolute Gasteiger partial charge is 0.234 e. The minimum Gasteiger partial charge on any atom is -0.383 e. The number of hydrogen-bond acceptors (Lipinski definition) is 5. The maximum absolute atomic E-state index is 11.8. The predicted octanol–water partition coefficient (Wildman–Crippen LogP) is -0.714. The molecule has 0 aromatic rings. The van der Waals surface area contributed by atoms with Crippen LogP contribution in [0.4, 0.5) is 0 Å². The molecule has 6 nitrogen and oxygen atoms in total. The number of ether oxygens (including phenoxy) is 2. The van der Waals surface area contributed by atoms with E-state index < -0.39 is 0 Å². The number of Topliss-reactive ketones (excluding diaryl/α,β-unsaturated/α-hetero) is 1. The van der Waals surface area contributed by atoms with Crippen molar-refractivity contribution in [3.05, 3.63) is 0 Å². The molecular formula is C12H22N2O4. The van der Waals surface area contributed by atoms with Gasteiger partial charge in [0.25, 0.3) is 0 Å². The molecule has 0 aliphatic carbocycles. The molecule has 1 rings (SSSR count). The maximum Gasteiger partial charge on any atom is 0.234 e. The summed E-state index contributed by atoms with van der Waals surface area (Å²) in [5.41, 5.74) is 0. The Labute approximate surface area is 108 Å². The Bertz CT molecular complexity index is 277. The molecule has 0 bridgehead atoms. The number of carbonyl (C=O) groups excluding carboxylic acids is 2. The van der Waals surface area contributed by atoms with E-state index in [-0.39, 0.29) is 24.2 Å². The van der Waals surface area contributed by atoms with Gasteiger partial charge in [-0.25, -0.2) is 0 Å². The molecule has 1 atom stereocenters. The molecular weight excluding hydrogens is 236 g/mol. The number of nitrogens with one attached hydrogen (secondary N) is 1. The number of methoxy groups -OCH3 is 1. The molecule has 1 N–H and O–H groups in total. The summed E-state index contributed by atoms with van der Waals surface area (Å²) in [5.74, 6) is 0.0636. The predicted molar refractivity (Wildman–Crippen MR) is 66.3 cm³/mol. The Kier molecular flexibility index (Phi) is 6.85. The highest BCUT2D eigenvalue weighted by Crippen LogP contribution is 2.13. The van der Waals surface area contributed by atoms with Gasteiger partial charge in [-0.15, -0.1) is 0 Å². The standard InChI is InChI=1S/C12H22N2O4/c1-14(8-12(16)13-4-6-17-2)7-11(15)10-3-5-18-9-10/h10H,3-9H2,1-2H3,(H,13,16). The first-order chi connectivity index (χ1) is 8.63. The van der Waals surface area contributed by atoms with Crippen LogP contribution in [0.1, 0.15) is 6.42 Å². The first kappa shape index (κ1) is 15.1. The van der Waals surface area contributed by atoms with Gasteiger partial charge in [-0.2, -0.15) is 0 Å². The largest absolute Gasteiger partial charge is 0.383 e. The van der Waals surface area contributed by atoms with Gasteiger partial charge in [0.15, 0.2) is 5.78 Å². The van der Waals surface area contributed by atoms with E-state index in [1.807, 2.05) is 0 Å². The molecule has 0 radical (unpaired) electrons. The van der Waals surface area contributed by atoms with Crippen molar-refractivity contribution >= 4 is 11.7 Å². The van der Waals surface area contributed by atoms with Gasteiger partial charge < -0.3 is 14.8 Å². The fraction of sp³-hybridized carbons (Fsp3) is 0.833. The van der Waals surface area contributed by atoms with Crippen LogP contribution in [0.5, 0.6) is 0 Å². The molecule has 1 fully saturated rings. The number of amides is 1. The van der Waals surface area contributed by atoms with Crippen LogP contribution in [0.15, 0.2) is 0 Å². The van der Waals surface area contributed by atoms with Gasteiger partial charge in [-0.3, -0.25) is 14.5 Å². The molecule has 1 amide bonds. The third-order valence-electron chi connectivity index (χ3n) is 2.85. The minimum atomic E-state index is -0.0926. The van der Waals surface area contributed by atoms with Crippen molar-refractivity contribution < 1.29 is 19.1 Å². The highest BCUT2D eigenvalue weighted by molar-refractivity contribution is 5.84. The summed E-state index contributed by atoms with van der Waals surface area (Å²) in [5, 5.41) is 2.72. The Hall–Kier alpha value is -0.980. The monoisotopic (exact) mass is 258 g/mol. The SMILES string of the molecule is COCCNC(=O)CN(C)CC(=O)C1CCOC1. The van der Waals surface area contributed by atoms with Crippen LogP contribution < -0.4 is 5.32 Å². The van der Waals surface area contributed by atoms with E-state index in [0.29, 0.717) is 32.9 Å². The summed E-state index contributed by atoms with van der Waals surface area (Å²) in [6, 6.07) is 0. The molecule has 0 aromatic heterocycles. The lowest BCUT2D eigenvalue weighted by Crippen LogP contribution is -2.39. The number of carbonyl (C=O) groups is 2. The van der Waals surface area contributed by atoms with E-state index in [1.165, 1.54) is 0 Å². The van der Waals surface area contributed by atoms with Crippen LogP contribution in [0.25, 0.3) is 0 Å². The minimum absolute atomic E-state index is 0.00371. The number of ketones is 1. The van der Waals surface area contributed by atoms with Gasteiger partial charge in [0.1, 0.15) is 0 Å². The van der Waals surface area contributed by atoms with Crippen molar-refractivity contribution in [3.63, 3.8) is 0 Å². The van der Waals surface area contributed by atoms with Gasteiger partial charge in [-0.05, 0) is 13.5 Å². The van der Waals surface area contributed by atoms with Gasteiger partial charge in [0.2, 0.25) is 5.91 Å². The third-order valence-corrected chi connectivity index (χ3v) is 2.85. The Morgan fingerprint density at radius 3 is 2.83 bits per heavy atom. The van der Waals surface area contributed by atoms with Crippen molar-refractivity contribution in [2.75, 3.05) is 53.6 Å². The summed E-state index contributed by atoms with van der Waals surface area (Å²) in [6.07, 6.45) is 0.798. The lowest BCUT2D eigenvalue weighted by atomic mass is 10.0. The highest BCUT2D eigenvalue weighted by Gasteiger charge is 2.24. The normalized spacial score (nSPS) is 19.2. The molecule has 1 aliphatic rings. The lowest BCUT2D eigenvalue weighted by Gasteiger charge is -2.17. The summed E-state index contributed by atoms with van der Waals surface area (Å²) in [6.45, 7) is 2.69. The fourth-order valence-corrected chi connectivity index (χ4v) is 1.83. The van der Waals surface area contributed by atoms with Crippen molar-refractivity contribution in [1.29, 1.82) is 0 Å². The summed E-state index contributed by atoms with van der Waals surface area (Å²) in [4.78, 5) is 25.0. The van der Waals surface area contributed by atoms with E-state index in [4.69, 9.17) is 9.47 Å². The molecule has 18 heavy (non-hydrogen) atoms. The van der Waals surface area contributed by atoms with Crippen LogP contribution in [-0.4, -0.2) is 70.2 Å². The summed E-state index contributed by atoms with van der Waals surface area (Å²) >= 11 is 0. The van der Waals surface area contributed by atoms with E-state index in [0.717, 1.165) is 6.42 Å². The molecule has 104 valence electrons. The average molecular weight is 258 g/mol. The van der Waals surface area contributed by atoms with Gasteiger partial charge in [0.05, 0.1) is 26.3 Å². The number of nitrogens with zero attached hydrogens (tertiary/aromatic N) is 1. The van der Waals surface area contributed by atoms with E-state index in [9.17, 15) is 9.59 Å². The van der Waals surface area contributed by atoms with Crippen LogP contribution >= 0.6 is 0 Å². The summed E-state index contributed by atoms with van der Waals surface area (Å²) < 4.78 is 10.0. The second-order valence-electron chi connectivity index (χ2n) is 4.54. The first-order valence-corrected chi connectivity index (χ1v) is 6.18. The third kappa shape index (κ3) is 5.57. The molecule has 0 spiro atoms. The van der Waals surface area contributed by atoms with E-state index >= 15 is 0 Å². The van der Waals surface area contributed by atoms with Crippen molar-refractivity contribution in [2.24, 2.45) is 5.92 Å². The van der Waals surface area contributed by atoms with Crippen LogP contribution in [0, 0.1) is 5.92 Å². The second kappa shape index (κ2) is 8.18. The topological polar surface area (TPSA) is 67.9 Å². The maximum atomic E-state index is 11.8. The Morgan fingerprint density at radius 2 is 2.22 bits per heavy atom. The van der Waals surface area contributed by atoms with E-state index in [2.05, 4.69) is 5.32 Å². The Morgan fingerprint density at radius 1 is 1.44 bits per heavy atom. The fourth-order valence-electron chi connectivity index (χ4n) is 1.83. The zero-order valence-corrected chi connectivity index (χ0v) is 11.1. The van der Waals surface area contributed by atoms with Crippen LogP contribution in [0.2, 0.25) is 0 Å². The van der Waals surface area contributed by atoms with Crippen LogP contribution in [0.3, 0.4) is 0 Å². The molecule has 1 unspecified atom stereocenters. The van der Waals surface area contributed by atoms with Crippen molar-refractivity contribution in [2.45, 2.75) is 6.42 Å². The van der Waals surface area contributed by atoms with E-state index in [1.54, 1.807) is 19.1 Å². The molecule has 0 aromatic carbocycles. The lowest BCUT2D eigenvalue weighted by molar-refractivity contribution is -0.125. The first-order valence-electron chi connectivity index (χ1n) is 6.18. The molecule has 6 heteroatoms. The molecule has 1 saturated heterocycles.